The van der Waals surface area contributed by atoms with Gasteiger partial charge in [0.1, 0.15) is 0 Å². The number of nitrogens with zero attached hydrogens (tertiary/aromatic N) is 4. The van der Waals surface area contributed by atoms with Crippen LogP contribution in [0.2, 0.25) is 0 Å². The molecule has 1 amide bonds. The smallest absolute Gasteiger partial charge is 0.253 e. The molecule has 0 aromatic carbocycles. The molecule has 0 fully saturated rings. The van der Waals surface area contributed by atoms with Crippen molar-refractivity contribution >= 4 is 5.91 Å². The Balaban J connectivity index is 2.04. The number of tetrazole rings is 1. The number of amides is 1. The first-order valence-corrected chi connectivity index (χ1v) is 5.11. The van der Waals surface area contributed by atoms with Crippen LogP contribution in [0.15, 0.2) is 12.1 Å². The lowest BCUT2D eigenvalue weighted by Gasteiger charge is -2.05. The van der Waals surface area contributed by atoms with Gasteiger partial charge in [-0.1, -0.05) is 5.21 Å². The summed E-state index contributed by atoms with van der Waals surface area (Å²) in [5.41, 5.74) is 2.15. The maximum Gasteiger partial charge on any atom is 0.253 e. The lowest BCUT2D eigenvalue weighted by atomic mass is 10.2. The minimum Gasteiger partial charge on any atom is -0.345 e. The van der Waals surface area contributed by atoms with Gasteiger partial charge < -0.3 is 5.32 Å². The Hall–Kier alpha value is -2.31. The van der Waals surface area contributed by atoms with Crippen molar-refractivity contribution in [3.8, 4) is 0 Å². The van der Waals surface area contributed by atoms with Crippen molar-refractivity contribution in [2.75, 3.05) is 0 Å². The zero-order valence-electron chi connectivity index (χ0n) is 9.56. The number of nitrogens with one attached hydrogen (secondary N) is 2. The fourth-order valence-electron chi connectivity index (χ4n) is 1.44. The van der Waals surface area contributed by atoms with E-state index in [2.05, 4.69) is 30.9 Å². The van der Waals surface area contributed by atoms with Crippen molar-refractivity contribution < 1.29 is 4.79 Å². The molecule has 0 bridgehead atoms. The number of aryl methyl sites for hydroxylation is 2. The van der Waals surface area contributed by atoms with Crippen LogP contribution in [0.3, 0.4) is 0 Å². The summed E-state index contributed by atoms with van der Waals surface area (Å²) in [4.78, 5) is 16.1. The Bertz CT molecular complexity index is 522. The molecular weight excluding hydrogens is 220 g/mol. The second-order valence-corrected chi connectivity index (χ2v) is 3.60. The van der Waals surface area contributed by atoms with E-state index in [1.54, 1.807) is 19.1 Å². The summed E-state index contributed by atoms with van der Waals surface area (Å²) in [7, 11) is 0. The number of hydrogen-bond acceptors (Lipinski definition) is 5. The van der Waals surface area contributed by atoms with Gasteiger partial charge in [-0.2, -0.15) is 5.21 Å². The first kappa shape index (κ1) is 11.2. The summed E-state index contributed by atoms with van der Waals surface area (Å²) in [6.45, 7) is 3.92. The fraction of sp³-hybridized carbons (Fsp3) is 0.300. The predicted molar refractivity (Wildman–Crippen MR) is 59.1 cm³/mol. The molecule has 0 spiro atoms. The summed E-state index contributed by atoms with van der Waals surface area (Å²) in [5.74, 6) is 0.246. The average molecular weight is 232 g/mol. The van der Waals surface area contributed by atoms with Gasteiger partial charge in [-0.15, -0.1) is 10.2 Å². The Morgan fingerprint density at radius 1 is 1.41 bits per heavy atom. The van der Waals surface area contributed by atoms with Crippen LogP contribution < -0.4 is 5.32 Å². The zero-order chi connectivity index (χ0) is 12.3. The van der Waals surface area contributed by atoms with Crippen LogP contribution in [0.1, 0.15) is 27.6 Å². The Morgan fingerprint density at radius 2 is 2.24 bits per heavy atom. The minimum absolute atomic E-state index is 0.195. The number of hydrogen-bond donors (Lipinski definition) is 2. The van der Waals surface area contributed by atoms with E-state index in [-0.39, 0.29) is 12.5 Å². The van der Waals surface area contributed by atoms with Crippen LogP contribution in [0, 0.1) is 13.8 Å². The molecule has 0 atom stereocenters. The Labute approximate surface area is 97.7 Å². The van der Waals surface area contributed by atoms with Crippen molar-refractivity contribution in [2.45, 2.75) is 20.4 Å². The van der Waals surface area contributed by atoms with Crippen molar-refractivity contribution in [1.29, 1.82) is 0 Å². The largest absolute Gasteiger partial charge is 0.345 e. The molecule has 2 aromatic heterocycles. The minimum atomic E-state index is -0.195. The van der Waals surface area contributed by atoms with Gasteiger partial charge in [-0.25, -0.2) is 0 Å². The van der Waals surface area contributed by atoms with Crippen molar-refractivity contribution in [3.63, 3.8) is 0 Å². The van der Waals surface area contributed by atoms with Crippen LogP contribution in [0.25, 0.3) is 0 Å². The number of carbonyl (C=O) groups excluding carboxylic acids is 1. The molecule has 7 heteroatoms. The zero-order valence-corrected chi connectivity index (χ0v) is 9.56. The monoisotopic (exact) mass is 232 g/mol. The number of rotatable bonds is 3. The lowest BCUT2D eigenvalue weighted by Crippen LogP contribution is -2.24. The van der Waals surface area contributed by atoms with Gasteiger partial charge in [0.25, 0.3) is 5.91 Å². The third-order valence-corrected chi connectivity index (χ3v) is 2.27. The molecule has 17 heavy (non-hydrogen) atoms. The maximum absolute atomic E-state index is 11.8. The quantitative estimate of drug-likeness (QED) is 0.784. The normalized spacial score (nSPS) is 10.2. The molecule has 2 rings (SSSR count). The third-order valence-electron chi connectivity index (χ3n) is 2.27. The van der Waals surface area contributed by atoms with Crippen molar-refractivity contribution in [2.24, 2.45) is 0 Å². The highest BCUT2D eigenvalue weighted by atomic mass is 16.1. The summed E-state index contributed by atoms with van der Waals surface area (Å²) in [6.07, 6.45) is 0. The highest BCUT2D eigenvalue weighted by molar-refractivity contribution is 5.95. The molecule has 0 saturated carbocycles. The van der Waals surface area contributed by atoms with Crippen LogP contribution in [0.4, 0.5) is 0 Å². The van der Waals surface area contributed by atoms with Gasteiger partial charge in [-0.3, -0.25) is 9.78 Å². The van der Waals surface area contributed by atoms with Crippen LogP contribution >= 0.6 is 0 Å². The van der Waals surface area contributed by atoms with Crippen LogP contribution in [-0.4, -0.2) is 31.5 Å². The molecular formula is C10H12N6O. The first-order valence-electron chi connectivity index (χ1n) is 5.11. The third kappa shape index (κ3) is 2.63. The summed E-state index contributed by atoms with van der Waals surface area (Å²) >= 11 is 0. The van der Waals surface area contributed by atoms with E-state index < -0.39 is 0 Å². The number of aromatic nitrogens is 5. The SMILES string of the molecule is Cc1ccc(C(=O)NCc2nn[nH]n2)c(C)n1. The molecule has 88 valence electrons. The molecule has 2 N–H and O–H groups in total. The van der Waals surface area contributed by atoms with Gasteiger partial charge >= 0.3 is 0 Å². The van der Waals surface area contributed by atoms with E-state index in [0.29, 0.717) is 17.1 Å². The molecule has 0 saturated heterocycles. The molecule has 0 aliphatic heterocycles. The van der Waals surface area contributed by atoms with Gasteiger partial charge in [0.15, 0.2) is 5.82 Å². The number of H-pyrrole nitrogens is 1. The van der Waals surface area contributed by atoms with E-state index in [9.17, 15) is 4.79 Å². The highest BCUT2D eigenvalue weighted by Crippen LogP contribution is 2.06. The maximum atomic E-state index is 11.8. The van der Waals surface area contributed by atoms with E-state index in [1.165, 1.54) is 0 Å². The molecule has 7 nitrogen and oxygen atoms in total. The second kappa shape index (κ2) is 4.69. The van der Waals surface area contributed by atoms with E-state index in [1.807, 2.05) is 6.92 Å². The molecule has 0 aliphatic rings. The van der Waals surface area contributed by atoms with E-state index in [4.69, 9.17) is 0 Å². The molecule has 0 aliphatic carbocycles. The average Bonchev–Trinajstić information content (AvgIpc) is 2.78. The molecule has 2 aromatic rings. The first-order chi connectivity index (χ1) is 8.16. The van der Waals surface area contributed by atoms with Gasteiger partial charge in [0.2, 0.25) is 0 Å². The molecule has 0 radical (unpaired) electrons. The van der Waals surface area contributed by atoms with E-state index >= 15 is 0 Å². The van der Waals surface area contributed by atoms with Gasteiger partial charge in [0, 0.05) is 5.69 Å². The van der Waals surface area contributed by atoms with Crippen molar-refractivity contribution in [3.05, 3.63) is 34.9 Å². The van der Waals surface area contributed by atoms with E-state index in [0.717, 1.165) is 5.69 Å². The molecule has 0 unspecified atom stereocenters. The summed E-state index contributed by atoms with van der Waals surface area (Å²) in [6, 6.07) is 3.56. The molecule has 2 heterocycles. The number of pyridine rings is 1. The van der Waals surface area contributed by atoms with Gasteiger partial charge in [-0.05, 0) is 26.0 Å². The fourth-order valence-corrected chi connectivity index (χ4v) is 1.44. The van der Waals surface area contributed by atoms with Gasteiger partial charge in [0.05, 0.1) is 17.8 Å². The van der Waals surface area contributed by atoms with Crippen molar-refractivity contribution in [1.82, 2.24) is 30.9 Å². The Kier molecular flexibility index (Phi) is 3.08. The summed E-state index contributed by atoms with van der Waals surface area (Å²) < 4.78 is 0. The second-order valence-electron chi connectivity index (χ2n) is 3.60. The Morgan fingerprint density at radius 3 is 2.88 bits per heavy atom. The topological polar surface area (TPSA) is 96.5 Å². The number of aromatic amines is 1. The van der Waals surface area contributed by atoms with Crippen LogP contribution in [-0.2, 0) is 6.54 Å². The predicted octanol–water partition coefficient (Wildman–Crippen LogP) is 0.142. The number of carbonyl (C=O) groups is 1. The summed E-state index contributed by atoms with van der Waals surface area (Å²) in [5, 5.41) is 15.9. The standard InChI is InChI=1S/C10H12N6O/c1-6-3-4-8(7(2)12-6)10(17)11-5-9-13-15-16-14-9/h3-4H,5H2,1-2H3,(H,11,17)(H,13,14,15,16). The van der Waals surface area contributed by atoms with Crippen LogP contribution in [0.5, 0.6) is 0 Å². The highest BCUT2D eigenvalue weighted by Gasteiger charge is 2.10. The lowest BCUT2D eigenvalue weighted by molar-refractivity contribution is 0.0949.